The van der Waals surface area contributed by atoms with Gasteiger partial charge in [0.1, 0.15) is 5.75 Å². The van der Waals surface area contributed by atoms with Gasteiger partial charge in [-0.3, -0.25) is 0 Å². The molecule has 2 rings (SSSR count). The van der Waals surface area contributed by atoms with E-state index in [1.54, 1.807) is 13.2 Å². The smallest absolute Gasteiger partial charge is 0.122 e. The highest BCUT2D eigenvalue weighted by Crippen LogP contribution is 2.29. The Morgan fingerprint density at radius 3 is 2.48 bits per heavy atom. The summed E-state index contributed by atoms with van der Waals surface area (Å²) in [5, 5.41) is 11.3. The molecule has 2 atom stereocenters. The molecule has 2 aromatic carbocycles. The lowest BCUT2D eigenvalue weighted by atomic mass is 9.87. The second kappa shape index (κ2) is 7.48. The number of ether oxygens (including phenoxy) is 1. The quantitative estimate of drug-likeness (QED) is 0.854. The number of hydrogen-bond acceptors (Lipinski definition) is 2. The summed E-state index contributed by atoms with van der Waals surface area (Å²) >= 11 is 6.05. The maximum atomic E-state index is 10.6. The number of benzene rings is 2. The van der Waals surface area contributed by atoms with Crippen LogP contribution in [0.4, 0.5) is 0 Å². The van der Waals surface area contributed by atoms with Gasteiger partial charge >= 0.3 is 0 Å². The summed E-state index contributed by atoms with van der Waals surface area (Å²) in [7, 11) is 1.63. The van der Waals surface area contributed by atoms with E-state index >= 15 is 0 Å². The number of methoxy groups -OCH3 is 1. The molecule has 2 aromatic rings. The van der Waals surface area contributed by atoms with Crippen molar-refractivity contribution in [3.05, 3.63) is 64.7 Å². The number of aliphatic hydroxyl groups is 1. The van der Waals surface area contributed by atoms with Gasteiger partial charge in [0.05, 0.1) is 13.2 Å². The lowest BCUT2D eigenvalue weighted by molar-refractivity contribution is 0.140. The van der Waals surface area contributed by atoms with Crippen molar-refractivity contribution in [2.45, 2.75) is 31.8 Å². The molecule has 0 aliphatic heterocycles. The van der Waals surface area contributed by atoms with Crippen molar-refractivity contribution < 1.29 is 9.84 Å². The van der Waals surface area contributed by atoms with Crippen LogP contribution >= 0.6 is 11.6 Å². The summed E-state index contributed by atoms with van der Waals surface area (Å²) in [6, 6.07) is 15.6. The van der Waals surface area contributed by atoms with Gasteiger partial charge in [-0.25, -0.2) is 0 Å². The van der Waals surface area contributed by atoms with Crippen LogP contribution in [0, 0.1) is 0 Å². The average molecular weight is 305 g/mol. The van der Waals surface area contributed by atoms with Gasteiger partial charge in [0.2, 0.25) is 0 Å². The molecule has 2 nitrogen and oxygen atoms in total. The van der Waals surface area contributed by atoms with Gasteiger partial charge in [-0.15, -0.1) is 0 Å². The Hall–Kier alpha value is -1.51. The maximum absolute atomic E-state index is 10.6. The standard InChI is InChI=1S/C18H21ClO2/c1-3-16(13-7-5-4-6-8-13)17(20)12-14-11-15(19)9-10-18(14)21-2/h4-11,16-17,20H,3,12H2,1-2H3. The molecule has 0 saturated heterocycles. The van der Waals surface area contributed by atoms with E-state index in [1.165, 1.54) is 0 Å². The largest absolute Gasteiger partial charge is 0.496 e. The molecule has 0 aliphatic rings. The number of aliphatic hydroxyl groups excluding tert-OH is 1. The number of hydrogen-bond donors (Lipinski definition) is 1. The molecular formula is C18H21ClO2. The van der Waals surface area contributed by atoms with Crippen LogP contribution in [0.3, 0.4) is 0 Å². The molecule has 0 saturated carbocycles. The van der Waals surface area contributed by atoms with Crippen molar-refractivity contribution in [1.82, 2.24) is 0 Å². The molecular weight excluding hydrogens is 284 g/mol. The Bertz CT molecular complexity index is 569. The van der Waals surface area contributed by atoms with E-state index in [2.05, 4.69) is 19.1 Å². The van der Waals surface area contributed by atoms with E-state index in [0.717, 1.165) is 23.3 Å². The minimum Gasteiger partial charge on any atom is -0.496 e. The zero-order chi connectivity index (χ0) is 15.2. The summed E-state index contributed by atoms with van der Waals surface area (Å²) in [6.45, 7) is 2.09. The fourth-order valence-electron chi connectivity index (χ4n) is 2.70. The minimum atomic E-state index is -0.468. The first-order valence-corrected chi connectivity index (χ1v) is 7.59. The lowest BCUT2D eigenvalue weighted by Gasteiger charge is -2.23. The summed E-state index contributed by atoms with van der Waals surface area (Å²) in [5.41, 5.74) is 2.10. The van der Waals surface area contributed by atoms with Gasteiger partial charge in [0, 0.05) is 17.4 Å². The highest BCUT2D eigenvalue weighted by atomic mass is 35.5. The minimum absolute atomic E-state index is 0.106. The highest BCUT2D eigenvalue weighted by molar-refractivity contribution is 6.30. The fraction of sp³-hybridized carbons (Fsp3) is 0.333. The Morgan fingerprint density at radius 1 is 1.14 bits per heavy atom. The molecule has 0 spiro atoms. The Kier molecular flexibility index (Phi) is 5.66. The summed E-state index contributed by atoms with van der Waals surface area (Å²) in [4.78, 5) is 0. The lowest BCUT2D eigenvalue weighted by Crippen LogP contribution is -2.21. The molecule has 1 N–H and O–H groups in total. The van der Waals surface area contributed by atoms with E-state index in [4.69, 9.17) is 16.3 Å². The van der Waals surface area contributed by atoms with Crippen molar-refractivity contribution in [1.29, 1.82) is 0 Å². The van der Waals surface area contributed by atoms with Crippen LogP contribution < -0.4 is 4.74 Å². The predicted octanol–water partition coefficient (Wildman–Crippen LogP) is 4.45. The molecule has 21 heavy (non-hydrogen) atoms. The van der Waals surface area contributed by atoms with Crippen molar-refractivity contribution >= 4 is 11.6 Å². The number of halogens is 1. The Morgan fingerprint density at radius 2 is 1.86 bits per heavy atom. The van der Waals surface area contributed by atoms with Crippen LogP contribution in [0.15, 0.2) is 48.5 Å². The summed E-state index contributed by atoms with van der Waals surface area (Å²) in [5.74, 6) is 0.872. The van der Waals surface area contributed by atoms with Crippen molar-refractivity contribution in [3.63, 3.8) is 0 Å². The van der Waals surface area contributed by atoms with E-state index in [-0.39, 0.29) is 5.92 Å². The third kappa shape index (κ3) is 3.99. The Labute approximate surface area is 131 Å². The van der Waals surface area contributed by atoms with Crippen LogP contribution in [-0.4, -0.2) is 18.3 Å². The highest BCUT2D eigenvalue weighted by Gasteiger charge is 2.21. The molecule has 0 fully saturated rings. The van der Waals surface area contributed by atoms with Gasteiger partial charge in [0.25, 0.3) is 0 Å². The van der Waals surface area contributed by atoms with E-state index in [0.29, 0.717) is 11.4 Å². The van der Waals surface area contributed by atoms with Gasteiger partial charge in [-0.05, 0) is 35.7 Å². The van der Waals surface area contributed by atoms with Crippen molar-refractivity contribution in [3.8, 4) is 5.75 Å². The van der Waals surface area contributed by atoms with Gasteiger partial charge in [-0.2, -0.15) is 0 Å². The van der Waals surface area contributed by atoms with E-state index < -0.39 is 6.10 Å². The zero-order valence-electron chi connectivity index (χ0n) is 12.4. The zero-order valence-corrected chi connectivity index (χ0v) is 13.2. The molecule has 0 radical (unpaired) electrons. The van der Waals surface area contributed by atoms with Gasteiger partial charge in [-0.1, -0.05) is 48.9 Å². The first kappa shape index (κ1) is 15.9. The molecule has 0 heterocycles. The first-order valence-electron chi connectivity index (χ1n) is 7.21. The monoisotopic (exact) mass is 304 g/mol. The van der Waals surface area contributed by atoms with Gasteiger partial charge in [0.15, 0.2) is 0 Å². The second-order valence-electron chi connectivity index (χ2n) is 5.15. The summed E-state index contributed by atoms with van der Waals surface area (Å²) in [6.07, 6.45) is 0.940. The van der Waals surface area contributed by atoms with Crippen LogP contribution in [0.25, 0.3) is 0 Å². The van der Waals surface area contributed by atoms with E-state index in [9.17, 15) is 5.11 Å². The molecule has 0 aromatic heterocycles. The third-order valence-corrected chi connectivity index (χ3v) is 4.04. The fourth-order valence-corrected chi connectivity index (χ4v) is 2.90. The predicted molar refractivity (Wildman–Crippen MR) is 87.2 cm³/mol. The van der Waals surface area contributed by atoms with Crippen LogP contribution in [0.2, 0.25) is 5.02 Å². The molecule has 2 unspecified atom stereocenters. The third-order valence-electron chi connectivity index (χ3n) is 3.80. The van der Waals surface area contributed by atoms with Crippen LogP contribution in [-0.2, 0) is 6.42 Å². The first-order chi connectivity index (χ1) is 10.2. The maximum Gasteiger partial charge on any atom is 0.122 e. The van der Waals surface area contributed by atoms with Crippen LogP contribution in [0.5, 0.6) is 5.75 Å². The second-order valence-corrected chi connectivity index (χ2v) is 5.59. The molecule has 0 amide bonds. The van der Waals surface area contributed by atoms with Crippen molar-refractivity contribution in [2.75, 3.05) is 7.11 Å². The SMILES string of the molecule is CCC(c1ccccc1)C(O)Cc1cc(Cl)ccc1OC. The topological polar surface area (TPSA) is 29.5 Å². The molecule has 0 aliphatic carbocycles. The van der Waals surface area contributed by atoms with Crippen molar-refractivity contribution in [2.24, 2.45) is 0 Å². The average Bonchev–Trinajstić information content (AvgIpc) is 2.49. The molecule has 112 valence electrons. The number of rotatable bonds is 6. The van der Waals surface area contributed by atoms with E-state index in [1.807, 2.05) is 30.3 Å². The van der Waals surface area contributed by atoms with Gasteiger partial charge < -0.3 is 9.84 Å². The van der Waals surface area contributed by atoms with Crippen LogP contribution in [0.1, 0.15) is 30.4 Å². The summed E-state index contributed by atoms with van der Waals surface area (Å²) < 4.78 is 5.35. The molecule has 0 bridgehead atoms. The normalized spacial score (nSPS) is 13.7. The Balaban J connectivity index is 2.20. The molecule has 3 heteroatoms.